The molecule has 2 aromatic carbocycles. The first kappa shape index (κ1) is 26.0. The molecule has 0 spiro atoms. The summed E-state index contributed by atoms with van der Waals surface area (Å²) in [6, 6.07) is 14.8. The van der Waals surface area contributed by atoms with Crippen LogP contribution in [0.3, 0.4) is 0 Å². The van der Waals surface area contributed by atoms with Crippen molar-refractivity contribution in [3.63, 3.8) is 0 Å². The first-order valence-electron chi connectivity index (χ1n) is 11.3. The molecule has 0 radical (unpaired) electrons. The molecule has 0 aliphatic carbocycles. The summed E-state index contributed by atoms with van der Waals surface area (Å²) in [6.07, 6.45) is 2.63. The standard InChI is InChI=1S/C26H32N4O4S/c1-7-34-24-11-9-23(10-12-24)29(35(6,32)33)17-26(31)28-27-16-22-15-20(4)30(21(22)5)25-13-8-18(2)14-19(25)3/h8-16H,7,17H2,1-6H3,(H,28,31)/b27-16-. The van der Waals surface area contributed by atoms with Crippen molar-refractivity contribution in [2.24, 2.45) is 5.10 Å². The first-order valence-corrected chi connectivity index (χ1v) is 13.1. The molecule has 0 saturated heterocycles. The van der Waals surface area contributed by atoms with Crippen LogP contribution in [-0.4, -0.2) is 44.5 Å². The number of carbonyl (C=O) groups is 1. The minimum atomic E-state index is -3.69. The molecule has 0 aliphatic rings. The van der Waals surface area contributed by atoms with Crippen molar-refractivity contribution in [3.05, 3.63) is 76.6 Å². The molecule has 1 amide bonds. The Labute approximate surface area is 207 Å². The third-order valence-electron chi connectivity index (χ3n) is 5.58. The Morgan fingerprint density at radius 3 is 2.37 bits per heavy atom. The fraction of sp³-hybridized carbons (Fsp3) is 0.308. The molecule has 0 fully saturated rings. The molecule has 1 N–H and O–H groups in total. The SMILES string of the molecule is CCOc1ccc(N(CC(=O)N/N=C\c2cc(C)n(-c3ccc(C)cc3C)c2C)S(C)(=O)=O)cc1. The summed E-state index contributed by atoms with van der Waals surface area (Å²) in [7, 11) is -3.69. The zero-order chi connectivity index (χ0) is 25.8. The molecule has 0 saturated carbocycles. The molecule has 3 rings (SSSR count). The molecule has 186 valence electrons. The van der Waals surface area contributed by atoms with Gasteiger partial charge in [-0.2, -0.15) is 5.10 Å². The van der Waals surface area contributed by atoms with E-state index in [1.54, 1.807) is 30.5 Å². The number of anilines is 1. The van der Waals surface area contributed by atoms with Gasteiger partial charge in [0.1, 0.15) is 12.3 Å². The van der Waals surface area contributed by atoms with E-state index in [1.807, 2.05) is 26.8 Å². The quantitative estimate of drug-likeness (QED) is 0.358. The van der Waals surface area contributed by atoms with Crippen LogP contribution >= 0.6 is 0 Å². The van der Waals surface area contributed by atoms with E-state index >= 15 is 0 Å². The van der Waals surface area contributed by atoms with Gasteiger partial charge in [-0.15, -0.1) is 0 Å². The van der Waals surface area contributed by atoms with Crippen molar-refractivity contribution in [1.29, 1.82) is 0 Å². The number of ether oxygens (including phenoxy) is 1. The van der Waals surface area contributed by atoms with E-state index in [4.69, 9.17) is 4.74 Å². The summed E-state index contributed by atoms with van der Waals surface area (Å²) >= 11 is 0. The molecule has 0 bridgehead atoms. The predicted octanol–water partition coefficient (Wildman–Crippen LogP) is 4.03. The molecule has 0 atom stereocenters. The highest BCUT2D eigenvalue weighted by molar-refractivity contribution is 7.92. The van der Waals surface area contributed by atoms with Crippen LogP contribution in [0.4, 0.5) is 5.69 Å². The largest absolute Gasteiger partial charge is 0.494 e. The molecular formula is C26H32N4O4S. The van der Waals surface area contributed by atoms with Gasteiger partial charge in [0, 0.05) is 22.6 Å². The lowest BCUT2D eigenvalue weighted by Crippen LogP contribution is -2.39. The maximum atomic E-state index is 12.5. The summed E-state index contributed by atoms with van der Waals surface area (Å²) in [5.74, 6) is 0.0703. The van der Waals surface area contributed by atoms with Crippen molar-refractivity contribution in [2.75, 3.05) is 23.7 Å². The Bertz CT molecular complexity index is 1340. The van der Waals surface area contributed by atoms with Crippen LogP contribution in [0, 0.1) is 27.7 Å². The number of benzene rings is 2. The predicted molar refractivity (Wildman–Crippen MR) is 140 cm³/mol. The molecule has 9 heteroatoms. The van der Waals surface area contributed by atoms with Crippen LogP contribution in [0.1, 0.15) is 35.0 Å². The van der Waals surface area contributed by atoms with Gasteiger partial charge in [0.15, 0.2) is 0 Å². The first-order chi connectivity index (χ1) is 16.5. The number of aryl methyl sites for hydroxylation is 3. The molecular weight excluding hydrogens is 464 g/mol. The van der Waals surface area contributed by atoms with Crippen molar-refractivity contribution in [3.8, 4) is 11.4 Å². The smallest absolute Gasteiger partial charge is 0.260 e. The number of nitrogens with zero attached hydrogens (tertiary/aromatic N) is 3. The minimum absolute atomic E-state index is 0.368. The molecule has 8 nitrogen and oxygen atoms in total. The maximum absolute atomic E-state index is 12.5. The van der Waals surface area contributed by atoms with E-state index in [1.165, 1.54) is 11.1 Å². The number of sulfonamides is 1. The Kier molecular flexibility index (Phi) is 8.01. The molecule has 3 aromatic rings. The average molecular weight is 497 g/mol. The average Bonchev–Trinajstić information content (AvgIpc) is 3.05. The number of aromatic nitrogens is 1. The van der Waals surface area contributed by atoms with E-state index in [2.05, 4.69) is 47.1 Å². The highest BCUT2D eigenvalue weighted by Crippen LogP contribution is 2.24. The van der Waals surface area contributed by atoms with E-state index in [0.29, 0.717) is 18.0 Å². The van der Waals surface area contributed by atoms with E-state index in [0.717, 1.165) is 33.2 Å². The number of carbonyl (C=O) groups excluding carboxylic acids is 1. The van der Waals surface area contributed by atoms with Crippen molar-refractivity contribution < 1.29 is 17.9 Å². The number of hydrogen-bond donors (Lipinski definition) is 1. The summed E-state index contributed by atoms with van der Waals surface area (Å²) in [5, 5.41) is 4.07. The second-order valence-corrected chi connectivity index (χ2v) is 10.3. The zero-order valence-corrected chi connectivity index (χ0v) is 21.8. The van der Waals surface area contributed by atoms with E-state index in [9.17, 15) is 13.2 Å². The number of rotatable bonds is 9. The van der Waals surface area contributed by atoms with Crippen LogP contribution in [0.15, 0.2) is 53.6 Å². The Hall–Kier alpha value is -3.59. The third-order valence-corrected chi connectivity index (χ3v) is 6.72. The molecule has 35 heavy (non-hydrogen) atoms. The Morgan fingerprint density at radius 1 is 1.09 bits per heavy atom. The second kappa shape index (κ2) is 10.8. The van der Waals surface area contributed by atoms with Crippen molar-refractivity contribution in [1.82, 2.24) is 9.99 Å². The van der Waals surface area contributed by atoms with Crippen molar-refractivity contribution >= 4 is 27.8 Å². The van der Waals surface area contributed by atoms with Gasteiger partial charge in [0.2, 0.25) is 10.0 Å². The van der Waals surface area contributed by atoms with Gasteiger partial charge in [-0.25, -0.2) is 13.8 Å². The van der Waals surface area contributed by atoms with E-state index < -0.39 is 22.5 Å². The Balaban J connectivity index is 1.74. The summed E-state index contributed by atoms with van der Waals surface area (Å²) in [5.41, 5.74) is 9.15. The van der Waals surface area contributed by atoms with Gasteiger partial charge in [0.25, 0.3) is 5.91 Å². The van der Waals surface area contributed by atoms with Gasteiger partial charge in [-0.3, -0.25) is 9.10 Å². The van der Waals surface area contributed by atoms with Crippen molar-refractivity contribution in [2.45, 2.75) is 34.6 Å². The number of nitrogens with one attached hydrogen (secondary N) is 1. The highest BCUT2D eigenvalue weighted by atomic mass is 32.2. The normalized spacial score (nSPS) is 11.6. The van der Waals surface area contributed by atoms with Crippen LogP contribution in [0.25, 0.3) is 5.69 Å². The Morgan fingerprint density at radius 2 is 1.77 bits per heavy atom. The summed E-state index contributed by atoms with van der Waals surface area (Å²) < 4.78 is 33.2. The number of hydrazone groups is 1. The second-order valence-electron chi connectivity index (χ2n) is 8.44. The fourth-order valence-corrected chi connectivity index (χ4v) is 4.82. The molecule has 1 aromatic heterocycles. The zero-order valence-electron chi connectivity index (χ0n) is 21.0. The summed E-state index contributed by atoms with van der Waals surface area (Å²) in [4.78, 5) is 12.5. The van der Waals surface area contributed by atoms with Crippen LogP contribution in [0.2, 0.25) is 0 Å². The molecule has 1 heterocycles. The van der Waals surface area contributed by atoms with E-state index in [-0.39, 0.29) is 0 Å². The van der Waals surface area contributed by atoms with Crippen LogP contribution in [-0.2, 0) is 14.8 Å². The summed E-state index contributed by atoms with van der Waals surface area (Å²) in [6.45, 7) is 10.1. The number of hydrogen-bond acceptors (Lipinski definition) is 5. The van der Waals surface area contributed by atoms with Gasteiger partial charge in [-0.05, 0) is 76.6 Å². The topological polar surface area (TPSA) is 93.0 Å². The lowest BCUT2D eigenvalue weighted by Gasteiger charge is -2.21. The van der Waals surface area contributed by atoms with Gasteiger partial charge in [0.05, 0.1) is 24.8 Å². The monoisotopic (exact) mass is 496 g/mol. The highest BCUT2D eigenvalue weighted by Gasteiger charge is 2.21. The number of amides is 1. The van der Waals surface area contributed by atoms with Crippen LogP contribution in [0.5, 0.6) is 5.75 Å². The third kappa shape index (κ3) is 6.30. The molecule has 0 aliphatic heterocycles. The maximum Gasteiger partial charge on any atom is 0.260 e. The lowest BCUT2D eigenvalue weighted by molar-refractivity contribution is -0.119. The lowest BCUT2D eigenvalue weighted by atomic mass is 10.1. The van der Waals surface area contributed by atoms with Gasteiger partial charge >= 0.3 is 0 Å². The van der Waals surface area contributed by atoms with Gasteiger partial charge < -0.3 is 9.30 Å². The molecule has 0 unspecified atom stereocenters. The van der Waals surface area contributed by atoms with Crippen LogP contribution < -0.4 is 14.5 Å². The minimum Gasteiger partial charge on any atom is -0.494 e. The fourth-order valence-electron chi connectivity index (χ4n) is 3.96. The van der Waals surface area contributed by atoms with Gasteiger partial charge in [-0.1, -0.05) is 17.7 Å².